The highest BCUT2D eigenvalue weighted by Gasteiger charge is 2.13. The van der Waals surface area contributed by atoms with Crippen molar-refractivity contribution in [2.45, 2.75) is 58.7 Å². The molecule has 1 atom stereocenters. The van der Waals surface area contributed by atoms with Crippen molar-refractivity contribution in [3.8, 4) is 11.5 Å². The molecule has 0 heterocycles. The van der Waals surface area contributed by atoms with Gasteiger partial charge < -0.3 is 0 Å². The molecule has 15 heavy (non-hydrogen) atoms. The topological polar surface area (TPSA) is 0 Å². The van der Waals surface area contributed by atoms with Gasteiger partial charge in [0.1, 0.15) is 8.07 Å². The van der Waals surface area contributed by atoms with Crippen LogP contribution in [-0.4, -0.2) is 8.07 Å². The molecule has 84 valence electrons. The maximum absolute atomic E-state index is 3.46. The van der Waals surface area contributed by atoms with Crippen LogP contribution in [-0.2, 0) is 0 Å². The molecule has 0 amide bonds. The summed E-state index contributed by atoms with van der Waals surface area (Å²) in [5, 5.41) is 0. The highest BCUT2D eigenvalue weighted by molar-refractivity contribution is 6.83. The fraction of sp³-hybridized carbons (Fsp3) is 0.714. The van der Waals surface area contributed by atoms with Gasteiger partial charge in [-0.25, -0.2) is 0 Å². The minimum absolute atomic E-state index is 0.937. The van der Waals surface area contributed by atoms with Crippen LogP contribution in [0.5, 0.6) is 0 Å². The maximum atomic E-state index is 3.46. The lowest BCUT2D eigenvalue weighted by atomic mass is 9.87. The molecule has 1 aliphatic rings. The van der Waals surface area contributed by atoms with E-state index < -0.39 is 8.07 Å². The molecular weight excluding hydrogens is 196 g/mol. The third kappa shape index (κ3) is 5.23. The van der Waals surface area contributed by atoms with E-state index in [-0.39, 0.29) is 0 Å². The van der Waals surface area contributed by atoms with Crippen molar-refractivity contribution in [3.63, 3.8) is 0 Å². The molecule has 1 rings (SSSR count). The standard InChI is InChI=1S/C14H24Si/c1-5-6-13-7-9-14(10-8-13)11-12-15(2,3)4/h9,13H,5-8,10H2,1-4H3. The molecule has 0 aliphatic heterocycles. The number of hydrogen-bond donors (Lipinski definition) is 0. The van der Waals surface area contributed by atoms with Gasteiger partial charge in [-0.3, -0.25) is 0 Å². The Bertz CT molecular complexity index is 283. The first-order chi connectivity index (χ1) is 7.01. The van der Waals surface area contributed by atoms with Crippen LogP contribution < -0.4 is 0 Å². The van der Waals surface area contributed by atoms with Crippen LogP contribution in [0.4, 0.5) is 0 Å². The van der Waals surface area contributed by atoms with Crippen LogP contribution in [0.2, 0.25) is 19.6 Å². The molecule has 0 saturated carbocycles. The van der Waals surface area contributed by atoms with Gasteiger partial charge in [-0.15, -0.1) is 5.54 Å². The highest BCUT2D eigenvalue weighted by Crippen LogP contribution is 2.26. The zero-order valence-electron chi connectivity index (χ0n) is 10.7. The lowest BCUT2D eigenvalue weighted by Gasteiger charge is -2.19. The van der Waals surface area contributed by atoms with Crippen molar-refractivity contribution in [1.29, 1.82) is 0 Å². The average molecular weight is 220 g/mol. The molecule has 1 heteroatoms. The summed E-state index contributed by atoms with van der Waals surface area (Å²) in [5.74, 6) is 4.33. The predicted octanol–water partition coefficient (Wildman–Crippen LogP) is 4.39. The molecule has 0 bridgehead atoms. The summed E-state index contributed by atoms with van der Waals surface area (Å²) in [6, 6.07) is 0. The molecule has 0 N–H and O–H groups in total. The van der Waals surface area contributed by atoms with Gasteiger partial charge in [0.05, 0.1) is 0 Å². The Morgan fingerprint density at radius 1 is 1.40 bits per heavy atom. The van der Waals surface area contributed by atoms with Crippen LogP contribution in [0.3, 0.4) is 0 Å². The van der Waals surface area contributed by atoms with Gasteiger partial charge in [-0.05, 0) is 30.8 Å². The van der Waals surface area contributed by atoms with E-state index in [1.54, 1.807) is 0 Å². The Hall–Kier alpha value is -0.483. The molecule has 0 fully saturated rings. The van der Waals surface area contributed by atoms with Gasteiger partial charge in [0, 0.05) is 0 Å². The van der Waals surface area contributed by atoms with E-state index >= 15 is 0 Å². The molecule has 0 aromatic heterocycles. The summed E-state index contributed by atoms with van der Waals surface area (Å²) in [7, 11) is -1.18. The van der Waals surface area contributed by atoms with Crippen molar-refractivity contribution < 1.29 is 0 Å². The number of hydrogen-bond acceptors (Lipinski definition) is 0. The minimum atomic E-state index is -1.18. The average Bonchev–Trinajstić information content (AvgIpc) is 2.16. The van der Waals surface area contributed by atoms with Crippen molar-refractivity contribution in [1.82, 2.24) is 0 Å². The van der Waals surface area contributed by atoms with Crippen molar-refractivity contribution in [3.05, 3.63) is 11.6 Å². The Morgan fingerprint density at radius 2 is 2.13 bits per heavy atom. The Kier molecular flexibility index (Phi) is 4.66. The molecule has 1 unspecified atom stereocenters. The van der Waals surface area contributed by atoms with Crippen molar-refractivity contribution in [2.24, 2.45) is 5.92 Å². The van der Waals surface area contributed by atoms with Gasteiger partial charge in [0.15, 0.2) is 0 Å². The van der Waals surface area contributed by atoms with E-state index in [1.807, 2.05) is 0 Å². The van der Waals surface area contributed by atoms with Gasteiger partial charge in [-0.2, -0.15) is 0 Å². The lowest BCUT2D eigenvalue weighted by molar-refractivity contribution is 0.436. The highest BCUT2D eigenvalue weighted by atomic mass is 28.3. The fourth-order valence-corrected chi connectivity index (χ4v) is 2.48. The van der Waals surface area contributed by atoms with Gasteiger partial charge in [0.25, 0.3) is 0 Å². The minimum Gasteiger partial charge on any atom is -0.127 e. The summed E-state index contributed by atoms with van der Waals surface area (Å²) in [4.78, 5) is 0. The summed E-state index contributed by atoms with van der Waals surface area (Å²) in [6.07, 6.45) is 8.96. The monoisotopic (exact) mass is 220 g/mol. The first-order valence-corrected chi connectivity index (χ1v) is 9.73. The van der Waals surface area contributed by atoms with Crippen molar-refractivity contribution in [2.75, 3.05) is 0 Å². The third-order valence-electron chi connectivity index (χ3n) is 2.81. The van der Waals surface area contributed by atoms with E-state index in [0.29, 0.717) is 0 Å². The summed E-state index contributed by atoms with van der Waals surface area (Å²) in [6.45, 7) is 9.21. The molecule has 0 radical (unpaired) electrons. The normalized spacial score (nSPS) is 21.6. The van der Waals surface area contributed by atoms with E-state index in [1.165, 1.54) is 37.7 Å². The predicted molar refractivity (Wildman–Crippen MR) is 71.5 cm³/mol. The quantitative estimate of drug-likeness (QED) is 0.478. The van der Waals surface area contributed by atoms with Crippen LogP contribution >= 0.6 is 0 Å². The zero-order valence-corrected chi connectivity index (χ0v) is 11.7. The largest absolute Gasteiger partial charge is 0.129 e. The SMILES string of the molecule is CCCC1CC=C(C#C[Si](C)(C)C)CC1. The first-order valence-electron chi connectivity index (χ1n) is 6.23. The van der Waals surface area contributed by atoms with Crippen LogP contribution in [0.25, 0.3) is 0 Å². The number of allylic oxidation sites excluding steroid dienone is 2. The Morgan fingerprint density at radius 3 is 2.60 bits per heavy atom. The van der Waals surface area contributed by atoms with E-state index in [9.17, 15) is 0 Å². The second-order valence-corrected chi connectivity index (χ2v) is 10.4. The third-order valence-corrected chi connectivity index (χ3v) is 3.69. The first kappa shape index (κ1) is 12.6. The van der Waals surface area contributed by atoms with Gasteiger partial charge >= 0.3 is 0 Å². The van der Waals surface area contributed by atoms with Crippen molar-refractivity contribution >= 4 is 8.07 Å². The van der Waals surface area contributed by atoms with Gasteiger partial charge in [0.2, 0.25) is 0 Å². The molecule has 0 aromatic carbocycles. The molecule has 1 aliphatic carbocycles. The molecule has 0 spiro atoms. The van der Waals surface area contributed by atoms with Crippen LogP contribution in [0.15, 0.2) is 11.6 Å². The Labute approximate surface area is 96.2 Å². The van der Waals surface area contributed by atoms with E-state index in [4.69, 9.17) is 0 Å². The van der Waals surface area contributed by atoms with Crippen LogP contribution in [0.1, 0.15) is 39.0 Å². The smallest absolute Gasteiger partial charge is 0.127 e. The second kappa shape index (κ2) is 5.56. The second-order valence-electron chi connectivity index (χ2n) is 5.66. The maximum Gasteiger partial charge on any atom is 0.129 e. The summed E-state index contributed by atoms with van der Waals surface area (Å²) >= 11 is 0. The summed E-state index contributed by atoms with van der Waals surface area (Å²) < 4.78 is 0. The molecule has 0 saturated heterocycles. The van der Waals surface area contributed by atoms with E-state index in [0.717, 1.165) is 5.92 Å². The molecule has 0 nitrogen and oxygen atoms in total. The molecular formula is C14H24Si. The fourth-order valence-electron chi connectivity index (χ4n) is 1.94. The molecule has 0 aromatic rings. The van der Waals surface area contributed by atoms with Gasteiger partial charge in [-0.1, -0.05) is 51.4 Å². The Balaban J connectivity index is 2.49. The lowest BCUT2D eigenvalue weighted by Crippen LogP contribution is -2.16. The number of rotatable bonds is 2. The zero-order chi connectivity index (χ0) is 11.3. The van der Waals surface area contributed by atoms with Crippen LogP contribution in [0, 0.1) is 17.4 Å². The summed E-state index contributed by atoms with van der Waals surface area (Å²) in [5.41, 5.74) is 4.87. The van der Waals surface area contributed by atoms with E-state index in [2.05, 4.69) is 44.1 Å².